The topological polar surface area (TPSA) is 0 Å². The second-order valence-electron chi connectivity index (χ2n) is 0. The largest absolute Gasteiger partial charge is 0.187 e. The van der Waals surface area contributed by atoms with E-state index in [0.29, 0.717) is 0 Å². The zero-order chi connectivity index (χ0) is 0. The quantitative estimate of drug-likeness (QED) is 0.456. The molecule has 0 unspecified atom stereocenters. The van der Waals surface area contributed by atoms with Gasteiger partial charge in [0.2, 0.25) is 0 Å². The van der Waals surface area contributed by atoms with Crippen LogP contribution in [0.5, 0.6) is 0 Å². The maximum Gasteiger partial charge on any atom is 0.187 e. The van der Waals surface area contributed by atoms with Crippen molar-refractivity contribution in [3.63, 3.8) is 0 Å². The minimum absolute atomic E-state index is 0. The third-order valence-electron chi connectivity index (χ3n) is 0. The second kappa shape index (κ2) is 17.3. The number of rotatable bonds is 0. The molecule has 0 saturated heterocycles. The molecule has 0 aliphatic rings. The third-order valence-corrected chi connectivity index (χ3v) is 0. The molecule has 0 aromatic carbocycles. The molecule has 0 heterocycles. The Morgan fingerprint density at radius 3 is 1.00 bits per heavy atom. The van der Waals surface area contributed by atoms with Crippen LogP contribution in [-0.2, 0) is 67.1 Å². The van der Waals surface area contributed by atoms with Gasteiger partial charge in [-0.05, 0) is 0 Å². The molecule has 0 spiro atoms. The van der Waals surface area contributed by atoms with E-state index < -0.39 is 0 Å². The summed E-state index contributed by atoms with van der Waals surface area (Å²) in [6.45, 7) is 0. The van der Waals surface area contributed by atoms with Crippen LogP contribution in [0.25, 0.3) is 0 Å². The molecule has 0 bridgehead atoms. The van der Waals surface area contributed by atoms with Crippen molar-refractivity contribution in [1.82, 2.24) is 0 Å². The Kier molecular flexibility index (Phi) is 130. The van der Waals surface area contributed by atoms with Gasteiger partial charge in [0.1, 0.15) is 0 Å². The maximum absolute atomic E-state index is 0. The summed E-state index contributed by atoms with van der Waals surface area (Å²) < 4.78 is 0. The Morgan fingerprint density at radius 1 is 1.00 bits per heavy atom. The molecule has 23 valence electrons. The molecule has 0 aliphatic heterocycles. The van der Waals surface area contributed by atoms with Crippen molar-refractivity contribution in [1.29, 1.82) is 0 Å². The molecule has 4 heteroatoms. The summed E-state index contributed by atoms with van der Waals surface area (Å²) in [5.41, 5.74) is 0. The van der Waals surface area contributed by atoms with Crippen molar-refractivity contribution < 1.29 is 67.1 Å². The molecular formula is H3AlCrFeY. The van der Waals surface area contributed by atoms with E-state index in [9.17, 15) is 0 Å². The summed E-state index contributed by atoms with van der Waals surface area (Å²) in [4.78, 5) is 0. The van der Waals surface area contributed by atoms with Crippen LogP contribution >= 0.6 is 0 Å². The molecule has 0 saturated carbocycles. The molecule has 0 aromatic heterocycles. The van der Waals surface area contributed by atoms with Gasteiger partial charge in [-0.3, -0.25) is 0 Å². The average molecular weight is 227 g/mol. The van der Waals surface area contributed by atoms with E-state index in [4.69, 9.17) is 0 Å². The molecule has 0 aromatic rings. The minimum atomic E-state index is 0. The monoisotopic (exact) mass is 227 g/mol. The van der Waals surface area contributed by atoms with Crippen molar-refractivity contribution in [2.75, 3.05) is 0 Å². The SMILES string of the molecule is [AlH3].[Cr].[Fe].[Y]. The average Bonchev–Trinajstić information content (AvgIpc) is 0. The summed E-state index contributed by atoms with van der Waals surface area (Å²) in [5, 5.41) is 0. The maximum atomic E-state index is 0. The van der Waals surface area contributed by atoms with E-state index in [0.717, 1.165) is 0 Å². The Morgan fingerprint density at radius 2 is 1.00 bits per heavy atom. The van der Waals surface area contributed by atoms with Gasteiger partial charge in [0.25, 0.3) is 0 Å². The minimum Gasteiger partial charge on any atom is 0 e. The van der Waals surface area contributed by atoms with E-state index in [1.165, 1.54) is 0 Å². The first-order valence-corrected chi connectivity index (χ1v) is 0. The van der Waals surface area contributed by atoms with E-state index in [-0.39, 0.29) is 84.5 Å². The summed E-state index contributed by atoms with van der Waals surface area (Å²) in [6, 6.07) is 0. The predicted octanol–water partition coefficient (Wildman–Crippen LogP) is -1.19. The summed E-state index contributed by atoms with van der Waals surface area (Å²) in [6.07, 6.45) is 0. The van der Waals surface area contributed by atoms with Crippen molar-refractivity contribution in [2.45, 2.75) is 0 Å². The van der Waals surface area contributed by atoms with Gasteiger partial charge in [-0.2, -0.15) is 0 Å². The van der Waals surface area contributed by atoms with Crippen LogP contribution in [0.15, 0.2) is 0 Å². The van der Waals surface area contributed by atoms with Gasteiger partial charge in [0, 0.05) is 67.1 Å². The van der Waals surface area contributed by atoms with Crippen LogP contribution in [0.1, 0.15) is 0 Å². The molecule has 0 amide bonds. The van der Waals surface area contributed by atoms with Crippen molar-refractivity contribution >= 4 is 17.4 Å². The van der Waals surface area contributed by atoms with Crippen molar-refractivity contribution in [3.8, 4) is 0 Å². The fourth-order valence-corrected chi connectivity index (χ4v) is 0. The van der Waals surface area contributed by atoms with Gasteiger partial charge < -0.3 is 0 Å². The van der Waals surface area contributed by atoms with Gasteiger partial charge in [-0.15, -0.1) is 0 Å². The Hall–Kier alpha value is 2.69. The summed E-state index contributed by atoms with van der Waals surface area (Å²) in [5.74, 6) is 0. The summed E-state index contributed by atoms with van der Waals surface area (Å²) >= 11 is 0. The smallest absolute Gasteiger partial charge is 0 e. The van der Waals surface area contributed by atoms with Gasteiger partial charge >= 0.3 is 0 Å². The normalized spacial score (nSPS) is 0. The van der Waals surface area contributed by atoms with Crippen LogP contribution < -0.4 is 0 Å². The van der Waals surface area contributed by atoms with Crippen LogP contribution in [-0.4, -0.2) is 17.4 Å². The molecule has 0 fully saturated rings. The molecular weight excluding hydrogens is 224 g/mol. The second-order valence-corrected chi connectivity index (χ2v) is 0. The molecule has 0 aliphatic carbocycles. The predicted molar refractivity (Wildman–Crippen MR) is 9.94 cm³/mol. The van der Waals surface area contributed by atoms with Crippen LogP contribution in [0.2, 0.25) is 0 Å². The summed E-state index contributed by atoms with van der Waals surface area (Å²) in [7, 11) is 0. The van der Waals surface area contributed by atoms with E-state index >= 15 is 0 Å². The molecule has 0 rings (SSSR count). The van der Waals surface area contributed by atoms with Crippen LogP contribution in [0.3, 0.4) is 0 Å². The molecule has 0 nitrogen and oxygen atoms in total. The van der Waals surface area contributed by atoms with Gasteiger partial charge in [0.05, 0.1) is 0 Å². The van der Waals surface area contributed by atoms with Crippen LogP contribution in [0.4, 0.5) is 0 Å². The van der Waals surface area contributed by atoms with Crippen molar-refractivity contribution in [2.24, 2.45) is 0 Å². The molecule has 1 radical (unpaired) electrons. The molecule has 4 heavy (non-hydrogen) atoms. The van der Waals surface area contributed by atoms with Crippen molar-refractivity contribution in [3.05, 3.63) is 0 Å². The van der Waals surface area contributed by atoms with E-state index in [1.807, 2.05) is 0 Å². The van der Waals surface area contributed by atoms with E-state index in [1.54, 1.807) is 0 Å². The fourth-order valence-electron chi connectivity index (χ4n) is 0. The number of hydrogen-bond acceptors (Lipinski definition) is 0. The number of hydrogen-bond donors (Lipinski definition) is 0. The standard InChI is InChI=1S/Al.Cr.Fe.Y.3H. The van der Waals surface area contributed by atoms with Gasteiger partial charge in [-0.1, -0.05) is 0 Å². The van der Waals surface area contributed by atoms with Gasteiger partial charge in [0.15, 0.2) is 17.4 Å². The first kappa shape index (κ1) is 29.9. The Labute approximate surface area is 83.1 Å². The molecule has 0 atom stereocenters. The first-order valence-electron chi connectivity index (χ1n) is 0. The Bertz CT molecular complexity index is 8.00. The third kappa shape index (κ3) is 8.82. The first-order chi connectivity index (χ1) is 0. The zero-order valence-corrected chi connectivity index (χ0v) is 6.56. The molecule has 0 N–H and O–H groups in total. The zero-order valence-electron chi connectivity index (χ0n) is 1.34. The van der Waals surface area contributed by atoms with E-state index in [2.05, 4.69) is 0 Å². The Balaban J connectivity index is 0. The fraction of sp³-hybridized carbons (Fsp3) is 0. The van der Waals surface area contributed by atoms with Gasteiger partial charge in [-0.25, -0.2) is 0 Å². The van der Waals surface area contributed by atoms with Crippen LogP contribution in [0, 0.1) is 0 Å².